The quantitative estimate of drug-likeness (QED) is 0.925. The van der Waals surface area contributed by atoms with Gasteiger partial charge >= 0.3 is 0 Å². The molecule has 1 heterocycles. The monoisotopic (exact) mass is 286 g/mol. The normalized spacial score (nSPS) is 21.6. The first-order valence-corrected chi connectivity index (χ1v) is 6.38. The maximum atomic E-state index is 13.3. The Labute approximate surface area is 104 Å². The van der Waals surface area contributed by atoms with E-state index < -0.39 is 0 Å². The zero-order chi connectivity index (χ0) is 11.5. The Balaban J connectivity index is 2.05. The van der Waals surface area contributed by atoms with Gasteiger partial charge in [0, 0.05) is 19.1 Å². The summed E-state index contributed by atoms with van der Waals surface area (Å²) in [4.78, 5) is 2.34. The molecule has 2 rings (SSSR count). The van der Waals surface area contributed by atoms with Crippen molar-refractivity contribution in [2.24, 2.45) is 5.73 Å². The third kappa shape index (κ3) is 2.62. The van der Waals surface area contributed by atoms with Gasteiger partial charge in [-0.25, -0.2) is 4.39 Å². The summed E-state index contributed by atoms with van der Waals surface area (Å²) in [5.41, 5.74) is 6.72. The number of nitrogens with zero attached hydrogens (tertiary/aromatic N) is 1. The minimum absolute atomic E-state index is 0.194. The summed E-state index contributed by atoms with van der Waals surface area (Å²) in [7, 11) is 0. The van der Waals surface area contributed by atoms with Crippen molar-refractivity contribution in [3.8, 4) is 0 Å². The van der Waals surface area contributed by atoms with E-state index in [-0.39, 0.29) is 5.82 Å². The fourth-order valence-electron chi connectivity index (χ4n) is 2.24. The van der Waals surface area contributed by atoms with Gasteiger partial charge in [-0.15, -0.1) is 0 Å². The Kier molecular flexibility index (Phi) is 3.95. The molecule has 88 valence electrons. The van der Waals surface area contributed by atoms with Crippen molar-refractivity contribution < 1.29 is 4.39 Å². The molecule has 2 nitrogen and oxygen atoms in total. The maximum absolute atomic E-state index is 13.3. The first kappa shape index (κ1) is 12.0. The van der Waals surface area contributed by atoms with Gasteiger partial charge in [-0.05, 0) is 53.0 Å². The molecule has 0 aliphatic carbocycles. The van der Waals surface area contributed by atoms with E-state index in [1.807, 2.05) is 6.07 Å². The second-order valence-corrected chi connectivity index (χ2v) is 5.11. The van der Waals surface area contributed by atoms with Crippen LogP contribution in [0.3, 0.4) is 0 Å². The smallest absolute Gasteiger partial charge is 0.137 e. The van der Waals surface area contributed by atoms with Crippen molar-refractivity contribution in [3.63, 3.8) is 0 Å². The van der Waals surface area contributed by atoms with E-state index in [1.54, 1.807) is 12.1 Å². The number of halogens is 2. The van der Waals surface area contributed by atoms with E-state index in [0.717, 1.165) is 25.1 Å². The van der Waals surface area contributed by atoms with E-state index in [2.05, 4.69) is 20.8 Å². The second kappa shape index (κ2) is 5.25. The second-order valence-electron chi connectivity index (χ2n) is 4.25. The lowest BCUT2D eigenvalue weighted by Crippen LogP contribution is -2.34. The van der Waals surface area contributed by atoms with Gasteiger partial charge in [-0.1, -0.05) is 6.07 Å². The summed E-state index contributed by atoms with van der Waals surface area (Å²) < 4.78 is 13.9. The first-order valence-electron chi connectivity index (χ1n) is 5.58. The van der Waals surface area contributed by atoms with Gasteiger partial charge in [0.2, 0.25) is 0 Å². The van der Waals surface area contributed by atoms with E-state index in [9.17, 15) is 4.39 Å². The van der Waals surface area contributed by atoms with Crippen LogP contribution in [0.5, 0.6) is 0 Å². The molecule has 1 aromatic rings. The van der Waals surface area contributed by atoms with Crippen LogP contribution < -0.4 is 5.73 Å². The Hall–Kier alpha value is -0.450. The molecule has 1 aliphatic heterocycles. The SMILES string of the molecule is NCC1CCCN1Cc1ccc(Br)c(F)c1. The van der Waals surface area contributed by atoms with Gasteiger partial charge in [-0.3, -0.25) is 4.90 Å². The van der Waals surface area contributed by atoms with Gasteiger partial charge in [0.05, 0.1) is 4.47 Å². The number of likely N-dealkylation sites (tertiary alicyclic amines) is 1. The zero-order valence-electron chi connectivity index (χ0n) is 9.13. The lowest BCUT2D eigenvalue weighted by Gasteiger charge is -2.23. The third-order valence-corrected chi connectivity index (χ3v) is 3.78. The average molecular weight is 287 g/mol. The highest BCUT2D eigenvalue weighted by Crippen LogP contribution is 2.21. The molecule has 0 amide bonds. The lowest BCUT2D eigenvalue weighted by atomic mass is 10.2. The Morgan fingerprint density at radius 3 is 3.00 bits per heavy atom. The molecule has 1 aliphatic rings. The summed E-state index contributed by atoms with van der Waals surface area (Å²) in [5.74, 6) is -0.194. The summed E-state index contributed by atoms with van der Waals surface area (Å²) in [6.07, 6.45) is 2.36. The van der Waals surface area contributed by atoms with Crippen molar-refractivity contribution in [2.45, 2.75) is 25.4 Å². The van der Waals surface area contributed by atoms with Gasteiger partial charge in [-0.2, -0.15) is 0 Å². The van der Waals surface area contributed by atoms with E-state index in [4.69, 9.17) is 5.73 Å². The van der Waals surface area contributed by atoms with Gasteiger partial charge in [0.1, 0.15) is 5.82 Å². The number of rotatable bonds is 3. The molecule has 1 fully saturated rings. The molecule has 0 spiro atoms. The van der Waals surface area contributed by atoms with Crippen LogP contribution in [-0.4, -0.2) is 24.0 Å². The summed E-state index contributed by atoms with van der Waals surface area (Å²) >= 11 is 3.16. The third-order valence-electron chi connectivity index (χ3n) is 3.14. The molecule has 1 unspecified atom stereocenters. The molecule has 0 aromatic heterocycles. The summed E-state index contributed by atoms with van der Waals surface area (Å²) in [6, 6.07) is 5.78. The highest BCUT2D eigenvalue weighted by molar-refractivity contribution is 9.10. The van der Waals surface area contributed by atoms with Gasteiger partial charge in [0.25, 0.3) is 0 Å². The average Bonchev–Trinajstić information content (AvgIpc) is 2.71. The van der Waals surface area contributed by atoms with E-state index in [0.29, 0.717) is 17.1 Å². The van der Waals surface area contributed by atoms with Crippen LogP contribution in [0.25, 0.3) is 0 Å². The predicted molar refractivity (Wildman–Crippen MR) is 66.6 cm³/mol. The summed E-state index contributed by atoms with van der Waals surface area (Å²) in [5, 5.41) is 0. The molecule has 2 N–H and O–H groups in total. The highest BCUT2D eigenvalue weighted by Gasteiger charge is 2.22. The standard InChI is InChI=1S/C12H16BrFN2/c13-11-4-3-9(6-12(11)14)8-16-5-1-2-10(16)7-15/h3-4,6,10H,1-2,5,7-8,15H2. The van der Waals surface area contributed by atoms with Crippen LogP contribution >= 0.6 is 15.9 Å². The molecule has 0 radical (unpaired) electrons. The molecule has 4 heteroatoms. The molecule has 1 atom stereocenters. The minimum Gasteiger partial charge on any atom is -0.329 e. The van der Waals surface area contributed by atoms with Crippen LogP contribution in [0.2, 0.25) is 0 Å². The van der Waals surface area contributed by atoms with Crippen molar-refractivity contribution in [3.05, 3.63) is 34.1 Å². The molecule has 1 aromatic carbocycles. The Bertz CT molecular complexity index is 370. The highest BCUT2D eigenvalue weighted by atomic mass is 79.9. The fourth-order valence-corrected chi connectivity index (χ4v) is 2.49. The molecule has 16 heavy (non-hydrogen) atoms. The maximum Gasteiger partial charge on any atom is 0.137 e. The van der Waals surface area contributed by atoms with Gasteiger partial charge in [0.15, 0.2) is 0 Å². The van der Waals surface area contributed by atoms with Crippen LogP contribution in [-0.2, 0) is 6.54 Å². The summed E-state index contributed by atoms with van der Waals surface area (Å²) in [6.45, 7) is 2.56. The van der Waals surface area contributed by atoms with Crippen LogP contribution in [0.1, 0.15) is 18.4 Å². The number of hydrogen-bond donors (Lipinski definition) is 1. The Morgan fingerprint density at radius 2 is 2.31 bits per heavy atom. The van der Waals surface area contributed by atoms with Crippen molar-refractivity contribution in [1.29, 1.82) is 0 Å². The van der Waals surface area contributed by atoms with Crippen molar-refractivity contribution in [1.82, 2.24) is 4.90 Å². The Morgan fingerprint density at radius 1 is 1.50 bits per heavy atom. The molecular weight excluding hydrogens is 271 g/mol. The lowest BCUT2D eigenvalue weighted by molar-refractivity contribution is 0.250. The minimum atomic E-state index is -0.194. The fraction of sp³-hybridized carbons (Fsp3) is 0.500. The van der Waals surface area contributed by atoms with E-state index in [1.165, 1.54) is 6.42 Å². The van der Waals surface area contributed by atoms with Crippen LogP contribution in [0, 0.1) is 5.82 Å². The molecule has 0 saturated carbocycles. The number of benzene rings is 1. The molecule has 1 saturated heterocycles. The largest absolute Gasteiger partial charge is 0.329 e. The first-order chi connectivity index (χ1) is 7.70. The number of nitrogens with two attached hydrogens (primary N) is 1. The van der Waals surface area contributed by atoms with Crippen LogP contribution in [0.4, 0.5) is 4.39 Å². The van der Waals surface area contributed by atoms with E-state index >= 15 is 0 Å². The molecular formula is C12H16BrFN2. The predicted octanol–water partition coefficient (Wildman–Crippen LogP) is 2.51. The van der Waals surface area contributed by atoms with Crippen molar-refractivity contribution in [2.75, 3.05) is 13.1 Å². The van der Waals surface area contributed by atoms with Crippen molar-refractivity contribution >= 4 is 15.9 Å². The molecule has 0 bridgehead atoms. The number of hydrogen-bond acceptors (Lipinski definition) is 2. The topological polar surface area (TPSA) is 29.3 Å². The zero-order valence-corrected chi connectivity index (χ0v) is 10.7. The van der Waals surface area contributed by atoms with Gasteiger partial charge < -0.3 is 5.73 Å². The van der Waals surface area contributed by atoms with Crippen LogP contribution in [0.15, 0.2) is 22.7 Å².